The van der Waals surface area contributed by atoms with E-state index in [1.54, 1.807) is 61.2 Å². The van der Waals surface area contributed by atoms with Gasteiger partial charge in [-0.25, -0.2) is 4.79 Å². The molecule has 0 aliphatic carbocycles. The monoisotopic (exact) mass is 799 g/mol. The van der Waals surface area contributed by atoms with Crippen LogP contribution in [0.4, 0.5) is 4.79 Å². The van der Waals surface area contributed by atoms with Gasteiger partial charge in [0.15, 0.2) is 0 Å². The van der Waals surface area contributed by atoms with Crippen molar-refractivity contribution in [2.24, 2.45) is 23.5 Å². The predicted octanol–water partition coefficient (Wildman–Crippen LogP) is 6.93. The van der Waals surface area contributed by atoms with Gasteiger partial charge in [-0.15, -0.1) is 0 Å². The predicted molar refractivity (Wildman–Crippen MR) is 227 cm³/mol. The van der Waals surface area contributed by atoms with Crippen molar-refractivity contribution >= 4 is 31.1 Å². The molecule has 4 amide bonds. The molecule has 3 N–H and O–H groups in total. The van der Waals surface area contributed by atoms with E-state index in [-0.39, 0.29) is 55.0 Å². The third-order valence-corrected chi connectivity index (χ3v) is 8.75. The number of hydrogen-bond acceptors (Lipinski definition) is 9. The van der Waals surface area contributed by atoms with Gasteiger partial charge in [-0.05, 0) is 63.9 Å². The first-order chi connectivity index (χ1) is 26.5. The minimum absolute atomic E-state index is 0.0251. The zero-order valence-electron chi connectivity index (χ0n) is 38.0. The number of methoxy groups -OCH3 is 3. The van der Waals surface area contributed by atoms with Crippen molar-refractivity contribution in [3.05, 3.63) is 35.9 Å². The molecule has 2 rings (SSSR count). The summed E-state index contributed by atoms with van der Waals surface area (Å²) in [5.41, 5.74) is 4.74. The summed E-state index contributed by atoms with van der Waals surface area (Å²) in [4.78, 5) is 58.9. The topological polar surface area (TPSA) is 167 Å². The summed E-state index contributed by atoms with van der Waals surface area (Å²) in [5.74, 6) is 0.0988. The second kappa shape index (κ2) is 37.1. The smallest absolute Gasteiger partial charge is 0.408 e. The largest absolute Gasteiger partial charge is 0.444 e. The molecule has 13 nitrogen and oxygen atoms in total. The summed E-state index contributed by atoms with van der Waals surface area (Å²) in [6.07, 6.45) is 7.14. The highest BCUT2D eigenvalue weighted by Crippen LogP contribution is 2.29. The number of rotatable bonds is 16. The van der Waals surface area contributed by atoms with Crippen LogP contribution in [0.25, 0.3) is 0 Å². The van der Waals surface area contributed by atoms with E-state index < -0.39 is 11.7 Å². The average molecular weight is 799 g/mol. The lowest BCUT2D eigenvalue weighted by molar-refractivity contribution is -0.135. The van der Waals surface area contributed by atoms with Gasteiger partial charge in [0.05, 0.1) is 24.3 Å². The van der Waals surface area contributed by atoms with Crippen molar-refractivity contribution in [2.45, 2.75) is 145 Å². The molecule has 1 fully saturated rings. The first-order valence-electron chi connectivity index (χ1n) is 20.1. The van der Waals surface area contributed by atoms with Crippen LogP contribution in [0.1, 0.15) is 114 Å². The number of amides is 4. The van der Waals surface area contributed by atoms with Crippen LogP contribution in [-0.4, -0.2) is 119 Å². The van der Waals surface area contributed by atoms with Gasteiger partial charge in [0.25, 0.3) is 0 Å². The fourth-order valence-corrected chi connectivity index (χ4v) is 6.05. The third-order valence-electron chi connectivity index (χ3n) is 8.75. The minimum Gasteiger partial charge on any atom is -0.444 e. The lowest BCUT2D eigenvalue weighted by Gasteiger charge is -2.37. The summed E-state index contributed by atoms with van der Waals surface area (Å²) >= 11 is 0. The SMILES string of the molecule is CC.CCC.CCC(C)C(C(CC)OC)N(C)C(=O)CNC(=O)OC(C)(C)C.COC.COC(C(C)C(C=O)Cc1ccccc1)C1CCCN1C=O.NC=O. The molecular formula is C43H82N4O9. The Balaban J connectivity index is -0.000000383. The lowest BCUT2D eigenvalue weighted by atomic mass is 9.82. The van der Waals surface area contributed by atoms with Gasteiger partial charge in [-0.1, -0.05) is 98.6 Å². The number of benzene rings is 1. The van der Waals surface area contributed by atoms with Gasteiger partial charge in [0.2, 0.25) is 18.7 Å². The van der Waals surface area contributed by atoms with Gasteiger partial charge in [-0.2, -0.15) is 0 Å². The van der Waals surface area contributed by atoms with Crippen molar-refractivity contribution in [2.75, 3.05) is 48.6 Å². The van der Waals surface area contributed by atoms with Crippen LogP contribution in [0.15, 0.2) is 30.3 Å². The molecule has 0 radical (unpaired) electrons. The number of nitrogens with one attached hydrogen (secondary N) is 1. The van der Waals surface area contributed by atoms with E-state index in [0.717, 1.165) is 50.5 Å². The van der Waals surface area contributed by atoms with Gasteiger partial charge in [0.1, 0.15) is 18.4 Å². The van der Waals surface area contributed by atoms with Crippen LogP contribution < -0.4 is 11.1 Å². The second-order valence-electron chi connectivity index (χ2n) is 14.3. The van der Waals surface area contributed by atoms with Crippen molar-refractivity contribution in [3.8, 4) is 0 Å². The Morgan fingerprint density at radius 3 is 1.88 bits per heavy atom. The number of nitrogens with zero attached hydrogens (tertiary/aromatic N) is 2. The van der Waals surface area contributed by atoms with Crippen LogP contribution in [0.5, 0.6) is 0 Å². The molecule has 1 saturated heterocycles. The number of carbonyl (C=O) groups excluding carboxylic acids is 5. The zero-order chi connectivity index (χ0) is 44.3. The van der Waals surface area contributed by atoms with Crippen LogP contribution in [0.2, 0.25) is 0 Å². The zero-order valence-corrected chi connectivity index (χ0v) is 38.0. The Kier molecular flexibility index (Phi) is 39.1. The highest BCUT2D eigenvalue weighted by atomic mass is 16.6. The summed E-state index contributed by atoms with van der Waals surface area (Å²) in [5, 5.41) is 2.51. The molecule has 0 bridgehead atoms. The molecule has 1 aliphatic rings. The van der Waals surface area contributed by atoms with E-state index in [1.165, 1.54) is 6.42 Å². The molecule has 0 saturated carbocycles. The number of likely N-dealkylation sites (tertiary alicyclic amines) is 1. The standard InChI is InChI=1S/C18H25NO3.C17H34N2O4.C3H8.C2H6O.C2H6.CH3NO/c1-14(16(12-20)11-15-7-4-3-5-8-15)18(22-2)17-9-6-10-19(17)13-21;1-9-12(3)15(13(10-2)22-8)19(7)14(20)11-18-16(21)23-17(4,5)6;2*1-3-2;1-2;2-1-3/h3-5,7-8,12-14,16-18H,6,9-11H2,1-2H3;12-13,15H,9-11H2,1-8H3,(H,18,21);3H2,1-2H3;1-2H3;1-2H3;1H,(H2,2,3). The van der Waals surface area contributed by atoms with E-state index in [1.807, 2.05) is 56.0 Å². The van der Waals surface area contributed by atoms with E-state index >= 15 is 0 Å². The van der Waals surface area contributed by atoms with E-state index in [2.05, 4.69) is 50.4 Å². The molecular weight excluding hydrogens is 716 g/mol. The number of nitrogens with two attached hydrogens (primary N) is 1. The van der Waals surface area contributed by atoms with Gasteiger partial charge in [-0.3, -0.25) is 14.4 Å². The highest BCUT2D eigenvalue weighted by molar-refractivity contribution is 5.82. The Hall–Kier alpha value is -3.55. The number of hydrogen-bond donors (Lipinski definition) is 2. The lowest BCUT2D eigenvalue weighted by Crippen LogP contribution is -2.51. The summed E-state index contributed by atoms with van der Waals surface area (Å²) in [7, 11) is 8.35. The number of primary amides is 1. The van der Waals surface area contributed by atoms with Gasteiger partial charge in [0, 0.05) is 47.9 Å². The fraction of sp³-hybridized carbons (Fsp3) is 0.744. The number of likely N-dealkylation sites (N-methyl/N-ethyl adjacent to an activating group) is 1. The summed E-state index contributed by atoms with van der Waals surface area (Å²) in [6.45, 7) is 22.6. The highest BCUT2D eigenvalue weighted by Gasteiger charge is 2.37. The van der Waals surface area contributed by atoms with E-state index in [9.17, 15) is 19.2 Å². The number of carbonyl (C=O) groups is 5. The number of alkyl carbamates (subject to hydrolysis) is 1. The van der Waals surface area contributed by atoms with Crippen LogP contribution in [0, 0.1) is 17.8 Å². The maximum Gasteiger partial charge on any atom is 0.408 e. The molecule has 1 aliphatic heterocycles. The molecule has 1 heterocycles. The summed E-state index contributed by atoms with van der Waals surface area (Å²) < 4.78 is 20.6. The number of aldehydes is 1. The maximum atomic E-state index is 12.4. The molecule has 7 unspecified atom stereocenters. The van der Waals surface area contributed by atoms with Crippen LogP contribution in [0.3, 0.4) is 0 Å². The Morgan fingerprint density at radius 1 is 0.964 bits per heavy atom. The minimum atomic E-state index is -0.585. The maximum absolute atomic E-state index is 12.4. The average Bonchev–Trinajstić information content (AvgIpc) is 3.65. The Bertz CT molecular complexity index is 1100. The first-order valence-corrected chi connectivity index (χ1v) is 20.1. The number of ether oxygens (including phenoxy) is 4. The van der Waals surface area contributed by atoms with Crippen LogP contribution in [-0.2, 0) is 44.5 Å². The fourth-order valence-electron chi connectivity index (χ4n) is 6.05. The van der Waals surface area contributed by atoms with E-state index in [0.29, 0.717) is 12.3 Å². The van der Waals surface area contributed by atoms with E-state index in [4.69, 9.17) is 19.0 Å². The molecule has 7 atom stereocenters. The second-order valence-corrected chi connectivity index (χ2v) is 14.3. The first kappa shape index (κ1) is 59.1. The normalized spacial score (nSPS) is 16.0. The summed E-state index contributed by atoms with van der Waals surface area (Å²) in [6, 6.07) is 10.1. The van der Waals surface area contributed by atoms with Gasteiger partial charge < -0.3 is 44.6 Å². The molecule has 56 heavy (non-hydrogen) atoms. The molecule has 328 valence electrons. The molecule has 0 aromatic heterocycles. The van der Waals surface area contributed by atoms with Crippen molar-refractivity contribution < 1.29 is 42.9 Å². The quantitative estimate of drug-likeness (QED) is 0.169. The Labute approximate surface area is 341 Å². The Morgan fingerprint density at radius 2 is 1.48 bits per heavy atom. The van der Waals surface area contributed by atoms with Gasteiger partial charge >= 0.3 is 6.09 Å². The van der Waals surface area contributed by atoms with Crippen molar-refractivity contribution in [3.63, 3.8) is 0 Å². The molecule has 0 spiro atoms. The molecule has 1 aromatic carbocycles. The van der Waals surface area contributed by atoms with Crippen LogP contribution >= 0.6 is 0 Å². The molecule has 13 heteroatoms. The van der Waals surface area contributed by atoms with Crippen molar-refractivity contribution in [1.82, 2.24) is 15.1 Å². The van der Waals surface area contributed by atoms with Crippen molar-refractivity contribution in [1.29, 1.82) is 0 Å². The third kappa shape index (κ3) is 26.3. The molecule has 1 aromatic rings.